The molecule has 0 saturated carbocycles. The number of nitrogens with one attached hydrogen (secondary N) is 1. The molecule has 0 radical (unpaired) electrons. The van der Waals surface area contributed by atoms with E-state index in [0.717, 1.165) is 51.4 Å². The van der Waals surface area contributed by atoms with Gasteiger partial charge >= 0.3 is 7.82 Å². The number of phosphoric ester groups is 1. The van der Waals surface area contributed by atoms with Crippen LogP contribution < -0.4 is 5.32 Å². The highest BCUT2D eigenvalue weighted by Crippen LogP contribution is 2.43. The van der Waals surface area contributed by atoms with Crippen LogP contribution >= 0.6 is 7.82 Å². The van der Waals surface area contributed by atoms with E-state index in [9.17, 15) is 19.4 Å². The van der Waals surface area contributed by atoms with Gasteiger partial charge in [0.05, 0.1) is 39.9 Å². The molecular formula is C64H122N2O6P+. The van der Waals surface area contributed by atoms with E-state index in [0.29, 0.717) is 17.4 Å². The topological polar surface area (TPSA) is 105 Å². The normalized spacial score (nSPS) is 14.2. The highest BCUT2D eigenvalue weighted by molar-refractivity contribution is 7.47. The molecule has 0 aliphatic rings. The number of likely N-dealkylation sites (N-methyl/N-ethyl adjacent to an activating group) is 1. The highest BCUT2D eigenvalue weighted by atomic mass is 31.2. The molecule has 0 aromatic heterocycles. The Morgan fingerprint density at radius 1 is 0.466 bits per heavy atom. The third kappa shape index (κ3) is 57.7. The zero-order chi connectivity index (χ0) is 53.5. The molecule has 0 saturated heterocycles. The van der Waals surface area contributed by atoms with Gasteiger partial charge in [-0.05, 0) is 77.0 Å². The van der Waals surface area contributed by atoms with Gasteiger partial charge in [-0.25, -0.2) is 4.57 Å². The molecule has 1 amide bonds. The van der Waals surface area contributed by atoms with Gasteiger partial charge in [0.1, 0.15) is 13.2 Å². The minimum atomic E-state index is -4.36. The smallest absolute Gasteiger partial charge is 0.387 e. The lowest BCUT2D eigenvalue weighted by atomic mass is 10.0. The van der Waals surface area contributed by atoms with Crippen molar-refractivity contribution in [1.29, 1.82) is 0 Å². The number of amides is 1. The minimum absolute atomic E-state index is 0.0533. The van der Waals surface area contributed by atoms with E-state index in [4.69, 9.17) is 9.05 Å². The first-order chi connectivity index (χ1) is 35.5. The Bertz CT molecular complexity index is 1370. The molecule has 3 atom stereocenters. The summed E-state index contributed by atoms with van der Waals surface area (Å²) in [6.45, 7) is 4.80. The van der Waals surface area contributed by atoms with E-state index in [-0.39, 0.29) is 19.1 Å². The molecule has 73 heavy (non-hydrogen) atoms. The third-order valence-corrected chi connectivity index (χ3v) is 14.9. The number of aliphatic hydroxyl groups is 1. The summed E-state index contributed by atoms with van der Waals surface area (Å²) in [4.78, 5) is 23.3. The van der Waals surface area contributed by atoms with Gasteiger partial charge in [-0.15, -0.1) is 0 Å². The first kappa shape index (κ1) is 71.2. The molecule has 0 fully saturated rings. The first-order valence-corrected chi connectivity index (χ1v) is 32.7. The molecule has 0 heterocycles. The number of quaternary nitrogens is 1. The zero-order valence-corrected chi connectivity index (χ0v) is 49.8. The Hall–Kier alpha value is -1.80. The number of carbonyl (C=O) groups is 1. The molecule has 0 bridgehead atoms. The lowest BCUT2D eigenvalue weighted by Crippen LogP contribution is -2.45. The zero-order valence-electron chi connectivity index (χ0n) is 48.9. The molecule has 8 nitrogen and oxygen atoms in total. The van der Waals surface area contributed by atoms with Crippen molar-refractivity contribution in [3.63, 3.8) is 0 Å². The fourth-order valence-corrected chi connectivity index (χ4v) is 9.78. The van der Waals surface area contributed by atoms with E-state index in [1.54, 1.807) is 6.08 Å². The molecule has 3 unspecified atom stereocenters. The maximum Gasteiger partial charge on any atom is 0.472 e. The van der Waals surface area contributed by atoms with Gasteiger partial charge in [0, 0.05) is 6.42 Å². The predicted octanol–water partition coefficient (Wildman–Crippen LogP) is 19.3. The summed E-state index contributed by atoms with van der Waals surface area (Å²) in [7, 11) is 1.55. The van der Waals surface area contributed by atoms with Gasteiger partial charge in [-0.2, -0.15) is 0 Å². The van der Waals surface area contributed by atoms with Crippen LogP contribution in [0.25, 0.3) is 0 Å². The lowest BCUT2D eigenvalue weighted by molar-refractivity contribution is -0.870. The van der Waals surface area contributed by atoms with E-state index >= 15 is 0 Å². The number of phosphoric acid groups is 1. The Kier molecular flexibility index (Phi) is 53.6. The third-order valence-electron chi connectivity index (χ3n) is 13.9. The Morgan fingerprint density at radius 2 is 0.795 bits per heavy atom. The van der Waals surface area contributed by atoms with Crippen LogP contribution in [0.4, 0.5) is 0 Å². The van der Waals surface area contributed by atoms with Gasteiger partial charge in [0.2, 0.25) is 5.91 Å². The van der Waals surface area contributed by atoms with Gasteiger partial charge in [-0.3, -0.25) is 13.8 Å². The number of allylic oxidation sites excluding steroid dienone is 9. The Balaban J connectivity index is 4.14. The fraction of sp³-hybridized carbons (Fsp3) is 0.828. The molecule has 428 valence electrons. The average molecular weight is 1050 g/mol. The highest BCUT2D eigenvalue weighted by Gasteiger charge is 2.27. The molecule has 3 N–H and O–H groups in total. The number of hydrogen-bond acceptors (Lipinski definition) is 5. The van der Waals surface area contributed by atoms with Gasteiger partial charge in [0.25, 0.3) is 0 Å². The SMILES string of the molecule is CCCCCCC/C=C\C/C=C\CCCCCCCCCCCCCCCCCCCCCC(=O)NC(COP(=O)(O)OCC[N+](C)(C)C)C(O)/C=C/CC/C=C/CC/C=C/CCCCCCCCCCCC. The molecular weight excluding hydrogens is 924 g/mol. The summed E-state index contributed by atoms with van der Waals surface area (Å²) >= 11 is 0. The minimum Gasteiger partial charge on any atom is -0.387 e. The quantitative estimate of drug-likeness (QED) is 0.0243. The molecule has 0 aromatic carbocycles. The number of hydrogen-bond donors (Lipinski definition) is 3. The van der Waals surface area contributed by atoms with Crippen molar-refractivity contribution in [1.82, 2.24) is 5.32 Å². The van der Waals surface area contributed by atoms with Crippen LogP contribution in [0.2, 0.25) is 0 Å². The van der Waals surface area contributed by atoms with Crippen molar-refractivity contribution < 1.29 is 32.9 Å². The molecule has 0 aliphatic heterocycles. The Morgan fingerprint density at radius 3 is 1.18 bits per heavy atom. The second kappa shape index (κ2) is 55.0. The van der Waals surface area contributed by atoms with Crippen molar-refractivity contribution in [2.24, 2.45) is 0 Å². The van der Waals surface area contributed by atoms with E-state index < -0.39 is 20.0 Å². The molecule has 9 heteroatoms. The number of nitrogens with zero attached hydrogens (tertiary/aromatic N) is 1. The fourth-order valence-electron chi connectivity index (χ4n) is 9.05. The molecule has 0 spiro atoms. The van der Waals surface area contributed by atoms with E-state index in [2.05, 4.69) is 67.8 Å². The number of aliphatic hydroxyl groups excluding tert-OH is 1. The first-order valence-electron chi connectivity index (χ1n) is 31.2. The second-order valence-electron chi connectivity index (χ2n) is 22.4. The predicted molar refractivity (Wildman–Crippen MR) is 318 cm³/mol. The average Bonchev–Trinajstić information content (AvgIpc) is 3.35. The summed E-state index contributed by atoms with van der Waals surface area (Å²) in [6.07, 6.45) is 74.9. The maximum atomic E-state index is 13.0. The van der Waals surface area contributed by atoms with Crippen molar-refractivity contribution in [3.05, 3.63) is 60.8 Å². The summed E-state index contributed by atoms with van der Waals surface area (Å²) in [5.74, 6) is -0.188. The van der Waals surface area contributed by atoms with Gasteiger partial charge < -0.3 is 19.8 Å². The monoisotopic (exact) mass is 1050 g/mol. The van der Waals surface area contributed by atoms with E-state index in [1.807, 2.05) is 27.2 Å². The van der Waals surface area contributed by atoms with Crippen LogP contribution in [0.5, 0.6) is 0 Å². The molecule has 0 aromatic rings. The van der Waals surface area contributed by atoms with Crippen LogP contribution in [-0.4, -0.2) is 73.4 Å². The van der Waals surface area contributed by atoms with E-state index in [1.165, 1.54) is 218 Å². The van der Waals surface area contributed by atoms with Crippen LogP contribution in [0.1, 0.15) is 290 Å². The summed E-state index contributed by atoms with van der Waals surface area (Å²) < 4.78 is 23.7. The Labute approximate surface area is 453 Å². The van der Waals surface area contributed by atoms with Crippen molar-refractivity contribution in [2.75, 3.05) is 40.9 Å². The van der Waals surface area contributed by atoms with Crippen LogP contribution in [0.3, 0.4) is 0 Å². The standard InChI is InChI=1S/C64H121N2O6P/c1-6-8-10-12-14-16-18-20-22-24-26-28-29-30-31-32-33-34-35-36-37-38-40-42-44-46-48-50-52-54-56-58-64(68)65-62(61-72-73(69,70)71-60-59-66(3,4)5)63(67)57-55-53-51-49-47-45-43-41-39-27-25-23-21-19-17-15-13-11-9-7-2/h18,20,24,26,39,41,47,49,55,57,62-63,67H,6-17,19,21-23,25,27-38,40,42-46,48,50-54,56,58-61H2,1-5H3,(H-,65,68,69,70)/p+1/b20-18-,26-24-,41-39+,49-47+,57-55+. The summed E-state index contributed by atoms with van der Waals surface area (Å²) in [5.41, 5.74) is 0. The largest absolute Gasteiger partial charge is 0.472 e. The van der Waals surface area contributed by atoms with Crippen molar-refractivity contribution in [3.8, 4) is 0 Å². The molecule has 0 rings (SSSR count). The van der Waals surface area contributed by atoms with Crippen molar-refractivity contribution >= 4 is 13.7 Å². The van der Waals surface area contributed by atoms with Crippen LogP contribution in [0.15, 0.2) is 60.8 Å². The summed E-state index contributed by atoms with van der Waals surface area (Å²) in [6, 6.07) is -0.871. The molecule has 0 aliphatic carbocycles. The van der Waals surface area contributed by atoms with Gasteiger partial charge in [-0.1, -0.05) is 267 Å². The number of unbranched alkanes of at least 4 members (excludes halogenated alkanes) is 36. The van der Waals surface area contributed by atoms with Crippen LogP contribution in [0, 0.1) is 0 Å². The maximum absolute atomic E-state index is 13.0. The number of rotatable bonds is 57. The van der Waals surface area contributed by atoms with Gasteiger partial charge in [0.15, 0.2) is 0 Å². The van der Waals surface area contributed by atoms with Crippen molar-refractivity contribution in [2.45, 2.75) is 302 Å². The number of carbonyl (C=O) groups excluding carboxylic acids is 1. The lowest BCUT2D eigenvalue weighted by Gasteiger charge is -2.25. The summed E-state index contributed by atoms with van der Waals surface area (Å²) in [5, 5.41) is 13.9. The van der Waals surface area contributed by atoms with Crippen LogP contribution in [-0.2, 0) is 18.4 Å². The second-order valence-corrected chi connectivity index (χ2v) is 23.9.